The van der Waals surface area contributed by atoms with Crippen LogP contribution in [0.1, 0.15) is 33.3 Å². The summed E-state index contributed by atoms with van der Waals surface area (Å²) in [6, 6.07) is 14.8. The normalized spacial score (nSPS) is 10.7. The van der Waals surface area contributed by atoms with Crippen LogP contribution in [0.5, 0.6) is 0 Å². The summed E-state index contributed by atoms with van der Waals surface area (Å²) in [7, 11) is 0. The van der Waals surface area contributed by atoms with E-state index in [9.17, 15) is 9.59 Å². The van der Waals surface area contributed by atoms with E-state index in [2.05, 4.69) is 5.10 Å². The first kappa shape index (κ1) is 15.0. The zero-order valence-corrected chi connectivity index (χ0v) is 12.9. The summed E-state index contributed by atoms with van der Waals surface area (Å²) in [5, 5.41) is 4.72. The number of rotatable bonds is 3. The first-order valence-electron chi connectivity index (χ1n) is 7.28. The molecule has 0 unspecified atom stereocenters. The van der Waals surface area contributed by atoms with E-state index in [4.69, 9.17) is 4.74 Å². The fourth-order valence-corrected chi connectivity index (χ4v) is 2.44. The summed E-state index contributed by atoms with van der Waals surface area (Å²) in [4.78, 5) is 24.0. The van der Waals surface area contributed by atoms with E-state index in [0.29, 0.717) is 10.9 Å². The zero-order valence-electron chi connectivity index (χ0n) is 12.9. The highest BCUT2D eigenvalue weighted by molar-refractivity contribution is 6.04. The molecule has 0 saturated heterocycles. The fourth-order valence-electron chi connectivity index (χ4n) is 2.44. The number of esters is 1. The van der Waals surface area contributed by atoms with E-state index in [1.807, 2.05) is 31.2 Å². The van der Waals surface area contributed by atoms with Crippen LogP contribution in [0, 0.1) is 6.92 Å². The van der Waals surface area contributed by atoms with E-state index in [-0.39, 0.29) is 18.2 Å². The molecule has 0 spiro atoms. The van der Waals surface area contributed by atoms with Gasteiger partial charge in [0.05, 0.1) is 5.52 Å². The highest BCUT2D eigenvalue weighted by Gasteiger charge is 2.20. The Morgan fingerprint density at radius 3 is 2.52 bits per heavy atom. The Morgan fingerprint density at radius 1 is 1.09 bits per heavy atom. The van der Waals surface area contributed by atoms with E-state index in [1.165, 1.54) is 11.6 Å². The number of nitrogens with zero attached hydrogens (tertiary/aromatic N) is 2. The Bertz CT molecular complexity index is 896. The van der Waals surface area contributed by atoms with Crippen molar-refractivity contribution in [3.8, 4) is 0 Å². The average Bonchev–Trinajstić information content (AvgIpc) is 2.94. The van der Waals surface area contributed by atoms with Crippen molar-refractivity contribution in [1.29, 1.82) is 0 Å². The third-order valence-corrected chi connectivity index (χ3v) is 3.70. The van der Waals surface area contributed by atoms with E-state index < -0.39 is 5.97 Å². The lowest BCUT2D eigenvalue weighted by molar-refractivity contribution is 0.0466. The maximum Gasteiger partial charge on any atom is 0.359 e. The molecule has 23 heavy (non-hydrogen) atoms. The summed E-state index contributed by atoms with van der Waals surface area (Å²) in [5.74, 6) is -0.788. The van der Waals surface area contributed by atoms with Crippen molar-refractivity contribution in [3.63, 3.8) is 0 Å². The molecule has 2 aromatic carbocycles. The molecular weight excluding hydrogens is 292 g/mol. The molecule has 0 atom stereocenters. The third kappa shape index (κ3) is 2.85. The zero-order chi connectivity index (χ0) is 16.4. The second kappa shape index (κ2) is 6.04. The predicted octanol–water partition coefficient (Wildman–Crippen LogP) is 3.36. The first-order chi connectivity index (χ1) is 11.1. The molecule has 0 radical (unpaired) electrons. The van der Waals surface area contributed by atoms with Gasteiger partial charge in [-0.15, -0.1) is 0 Å². The minimum atomic E-state index is -0.538. The van der Waals surface area contributed by atoms with Gasteiger partial charge in [0, 0.05) is 12.3 Å². The number of aromatic nitrogens is 2. The number of aryl methyl sites for hydroxylation is 1. The van der Waals surface area contributed by atoms with Crippen molar-refractivity contribution < 1.29 is 14.3 Å². The molecule has 1 heterocycles. The second-order valence-corrected chi connectivity index (χ2v) is 5.30. The van der Waals surface area contributed by atoms with Crippen LogP contribution in [-0.2, 0) is 11.3 Å². The highest BCUT2D eigenvalue weighted by Crippen LogP contribution is 2.20. The monoisotopic (exact) mass is 308 g/mol. The lowest BCUT2D eigenvalue weighted by Gasteiger charge is -2.06. The average molecular weight is 308 g/mol. The molecule has 0 fully saturated rings. The summed E-state index contributed by atoms with van der Waals surface area (Å²) >= 11 is 0. The molecule has 3 rings (SSSR count). The number of carbonyl (C=O) groups is 2. The highest BCUT2D eigenvalue weighted by atomic mass is 16.5. The van der Waals surface area contributed by atoms with Crippen molar-refractivity contribution in [2.75, 3.05) is 0 Å². The van der Waals surface area contributed by atoms with Gasteiger partial charge < -0.3 is 4.74 Å². The largest absolute Gasteiger partial charge is 0.456 e. The molecule has 5 heteroatoms. The van der Waals surface area contributed by atoms with Crippen LogP contribution in [-0.4, -0.2) is 21.7 Å². The number of para-hydroxylation sites is 1. The summed E-state index contributed by atoms with van der Waals surface area (Å²) in [6.45, 7) is 3.54. The lowest BCUT2D eigenvalue weighted by Crippen LogP contribution is -2.11. The van der Waals surface area contributed by atoms with Crippen molar-refractivity contribution in [2.45, 2.75) is 20.5 Å². The molecule has 3 aromatic rings. The lowest BCUT2D eigenvalue weighted by atomic mass is 10.1. The number of benzene rings is 2. The Hall–Kier alpha value is -2.95. The molecule has 0 aliphatic carbocycles. The Morgan fingerprint density at radius 2 is 1.78 bits per heavy atom. The molecule has 5 nitrogen and oxygen atoms in total. The van der Waals surface area contributed by atoms with E-state index in [0.717, 1.165) is 11.1 Å². The number of ether oxygens (including phenoxy) is 1. The van der Waals surface area contributed by atoms with E-state index >= 15 is 0 Å². The third-order valence-electron chi connectivity index (χ3n) is 3.70. The van der Waals surface area contributed by atoms with Crippen molar-refractivity contribution in [1.82, 2.24) is 9.78 Å². The first-order valence-corrected chi connectivity index (χ1v) is 7.28. The SMILES string of the molecule is CC(=O)n1nc(C(=O)OCc2ccccc2C)c2ccccc21. The Balaban J connectivity index is 1.90. The minimum Gasteiger partial charge on any atom is -0.456 e. The number of fused-ring (bicyclic) bond motifs is 1. The maximum absolute atomic E-state index is 12.4. The van der Waals surface area contributed by atoms with Crippen molar-refractivity contribution in [2.24, 2.45) is 0 Å². The smallest absolute Gasteiger partial charge is 0.359 e. The maximum atomic E-state index is 12.4. The number of hydrogen-bond donors (Lipinski definition) is 0. The quantitative estimate of drug-likeness (QED) is 0.696. The van der Waals surface area contributed by atoms with Crippen LogP contribution in [0.2, 0.25) is 0 Å². The van der Waals surface area contributed by atoms with Gasteiger partial charge in [-0.1, -0.05) is 42.5 Å². The van der Waals surface area contributed by atoms with Gasteiger partial charge >= 0.3 is 5.97 Å². The summed E-state index contributed by atoms with van der Waals surface area (Å²) < 4.78 is 6.59. The van der Waals surface area contributed by atoms with Crippen LogP contribution in [0.25, 0.3) is 10.9 Å². The second-order valence-electron chi connectivity index (χ2n) is 5.30. The van der Waals surface area contributed by atoms with Gasteiger partial charge in [-0.2, -0.15) is 9.78 Å². The molecular formula is C18H16N2O3. The van der Waals surface area contributed by atoms with Crippen LogP contribution in [0.3, 0.4) is 0 Å². The molecule has 116 valence electrons. The van der Waals surface area contributed by atoms with Gasteiger partial charge in [0.25, 0.3) is 0 Å². The van der Waals surface area contributed by atoms with Crippen molar-refractivity contribution >= 4 is 22.8 Å². The molecule has 0 N–H and O–H groups in total. The topological polar surface area (TPSA) is 61.2 Å². The predicted molar refractivity (Wildman–Crippen MR) is 86.3 cm³/mol. The standard InChI is InChI=1S/C18H16N2O3/c1-12-7-3-4-8-14(12)11-23-18(22)17-15-9-5-6-10-16(15)20(19-17)13(2)21/h3-10H,11H2,1-2H3. The van der Waals surface area contributed by atoms with Gasteiger partial charge in [-0.05, 0) is 24.1 Å². The van der Waals surface area contributed by atoms with Gasteiger partial charge in [0.15, 0.2) is 5.69 Å². The van der Waals surface area contributed by atoms with Crippen LogP contribution in [0.15, 0.2) is 48.5 Å². The molecule has 0 aliphatic heterocycles. The summed E-state index contributed by atoms with van der Waals surface area (Å²) in [6.07, 6.45) is 0. The van der Waals surface area contributed by atoms with Gasteiger partial charge in [-0.3, -0.25) is 4.79 Å². The summed E-state index contributed by atoms with van der Waals surface area (Å²) in [5.41, 5.74) is 2.75. The molecule has 0 bridgehead atoms. The molecule has 0 amide bonds. The van der Waals surface area contributed by atoms with Crippen molar-refractivity contribution in [3.05, 3.63) is 65.4 Å². The fraction of sp³-hybridized carbons (Fsp3) is 0.167. The van der Waals surface area contributed by atoms with Gasteiger partial charge in [-0.25, -0.2) is 4.79 Å². The molecule has 0 saturated carbocycles. The molecule has 1 aromatic heterocycles. The number of hydrogen-bond acceptors (Lipinski definition) is 4. The Kier molecular flexibility index (Phi) is 3.93. The van der Waals surface area contributed by atoms with Crippen LogP contribution < -0.4 is 0 Å². The molecule has 0 aliphatic rings. The van der Waals surface area contributed by atoms with Crippen LogP contribution >= 0.6 is 0 Å². The number of carbonyl (C=O) groups excluding carboxylic acids is 2. The van der Waals surface area contributed by atoms with Gasteiger partial charge in [0.2, 0.25) is 5.91 Å². The Labute approximate surface area is 133 Å². The van der Waals surface area contributed by atoms with E-state index in [1.54, 1.807) is 24.3 Å². The van der Waals surface area contributed by atoms with Crippen LogP contribution in [0.4, 0.5) is 0 Å². The minimum absolute atomic E-state index is 0.157. The van der Waals surface area contributed by atoms with Gasteiger partial charge in [0.1, 0.15) is 6.61 Å².